The van der Waals surface area contributed by atoms with Crippen LogP contribution in [0.1, 0.15) is 35.1 Å². The predicted octanol–water partition coefficient (Wildman–Crippen LogP) is 11.5. The molecular weight excluding hydrogens is 635 g/mol. The van der Waals surface area contributed by atoms with Gasteiger partial charge in [0, 0.05) is 50.4 Å². The van der Waals surface area contributed by atoms with Gasteiger partial charge in [0.1, 0.15) is 22.2 Å². The van der Waals surface area contributed by atoms with Crippen LogP contribution in [0.2, 0.25) is 0 Å². The van der Waals surface area contributed by atoms with Gasteiger partial charge in [-0.05, 0) is 94.3 Å². The summed E-state index contributed by atoms with van der Waals surface area (Å²) in [6.45, 7) is 0. The van der Waals surface area contributed by atoms with Crippen molar-refractivity contribution < 1.29 is 8.83 Å². The Kier molecular flexibility index (Phi) is 5.55. The maximum atomic E-state index is 6.53. The molecule has 244 valence electrons. The van der Waals surface area contributed by atoms with Crippen molar-refractivity contribution in [3.8, 4) is 22.3 Å². The highest BCUT2D eigenvalue weighted by atomic mass is 16.3. The van der Waals surface area contributed by atoms with Gasteiger partial charge in [-0.2, -0.15) is 0 Å². The molecule has 7 aromatic carbocycles. The Morgan fingerprint density at radius 2 is 1.02 bits per heavy atom. The molecule has 3 heteroatoms. The molecule has 0 fully saturated rings. The quantitative estimate of drug-likeness (QED) is 0.188. The lowest BCUT2D eigenvalue weighted by atomic mass is 9.70. The molecule has 0 bridgehead atoms. The fourth-order valence-electron chi connectivity index (χ4n) is 9.66. The van der Waals surface area contributed by atoms with E-state index >= 15 is 0 Å². The van der Waals surface area contributed by atoms with Gasteiger partial charge in [0.15, 0.2) is 0 Å². The lowest BCUT2D eigenvalue weighted by Crippen LogP contribution is -2.26. The molecule has 0 saturated carbocycles. The lowest BCUT2D eigenvalue weighted by Gasteiger charge is -2.31. The molecule has 0 amide bonds. The van der Waals surface area contributed by atoms with Crippen molar-refractivity contribution in [2.45, 2.75) is 18.3 Å². The minimum absolute atomic E-state index is 0.431. The van der Waals surface area contributed by atoms with Gasteiger partial charge in [0.25, 0.3) is 0 Å². The third-order valence-corrected chi connectivity index (χ3v) is 11.7. The van der Waals surface area contributed by atoms with Gasteiger partial charge in [0.05, 0.1) is 11.1 Å². The molecule has 0 N–H and O–H groups in total. The van der Waals surface area contributed by atoms with Gasteiger partial charge < -0.3 is 13.7 Å². The summed E-state index contributed by atoms with van der Waals surface area (Å²) < 4.78 is 13.0. The lowest BCUT2D eigenvalue weighted by molar-refractivity contribution is 0.572. The molecule has 3 nitrogen and oxygen atoms in total. The van der Waals surface area contributed by atoms with Crippen LogP contribution in [0.3, 0.4) is 0 Å². The van der Waals surface area contributed by atoms with E-state index in [9.17, 15) is 0 Å². The van der Waals surface area contributed by atoms with Crippen LogP contribution in [0.15, 0.2) is 160 Å². The summed E-state index contributed by atoms with van der Waals surface area (Å²) in [7, 11) is 0. The number of rotatable bonds is 3. The summed E-state index contributed by atoms with van der Waals surface area (Å²) >= 11 is 0. The van der Waals surface area contributed by atoms with Crippen LogP contribution in [0.25, 0.3) is 67.3 Å². The van der Waals surface area contributed by atoms with Gasteiger partial charge in [-0.25, -0.2) is 0 Å². The second-order valence-electron chi connectivity index (χ2n) is 14.2. The number of furan rings is 2. The molecule has 2 aromatic heterocycles. The molecule has 0 unspecified atom stereocenters. The summed E-state index contributed by atoms with van der Waals surface area (Å²) in [6, 6.07) is 55.5. The summed E-state index contributed by atoms with van der Waals surface area (Å²) in [6.07, 6.45) is 6.58. The number of para-hydroxylation sites is 1. The first-order chi connectivity index (χ1) is 25.8. The average Bonchev–Trinajstić information content (AvgIpc) is 3.93. The van der Waals surface area contributed by atoms with E-state index in [0.29, 0.717) is 0 Å². The van der Waals surface area contributed by atoms with Crippen molar-refractivity contribution >= 4 is 62.1 Å². The smallest absolute Gasteiger partial charge is 0.137 e. The molecule has 3 aliphatic carbocycles. The third-order valence-electron chi connectivity index (χ3n) is 11.7. The van der Waals surface area contributed by atoms with Crippen LogP contribution < -0.4 is 15.5 Å². The first-order valence-electron chi connectivity index (χ1n) is 18.2. The van der Waals surface area contributed by atoms with E-state index in [-0.39, 0.29) is 0 Å². The monoisotopic (exact) mass is 665 g/mol. The Morgan fingerprint density at radius 3 is 1.79 bits per heavy atom. The van der Waals surface area contributed by atoms with E-state index in [1.165, 1.54) is 49.7 Å². The summed E-state index contributed by atoms with van der Waals surface area (Å²) in [5.74, 6) is 0. The molecule has 3 aliphatic rings. The minimum atomic E-state index is -0.431. The zero-order valence-corrected chi connectivity index (χ0v) is 28.3. The highest BCUT2D eigenvalue weighted by Gasteiger charge is 2.52. The molecule has 52 heavy (non-hydrogen) atoms. The van der Waals surface area contributed by atoms with Crippen LogP contribution in [0, 0.1) is 0 Å². The number of hydrogen-bond acceptors (Lipinski definition) is 3. The van der Waals surface area contributed by atoms with E-state index < -0.39 is 5.41 Å². The summed E-state index contributed by atoms with van der Waals surface area (Å²) in [5, 5.41) is 4.60. The topological polar surface area (TPSA) is 29.5 Å². The second kappa shape index (κ2) is 10.2. The molecule has 9 aromatic rings. The number of benzene rings is 7. The highest BCUT2D eigenvalue weighted by molar-refractivity contribution is 6.07. The standard InChI is InChI=1S/C49H31NO2/c1-6-17-39-32(12-1)33-13-2-7-18-40(33)49(39)41-19-8-3-16-38(41)48-42(49)20-11-21-43(48)50(30-24-26-36-34-14-4-9-22-44(34)51-46(36)28-30)31-25-27-37-35-15-5-10-23-45(35)52-47(37)29-31/h1-4,6-9,11-29H,5,10H2. The van der Waals surface area contributed by atoms with Crippen molar-refractivity contribution in [2.75, 3.05) is 4.90 Å². The zero-order chi connectivity index (χ0) is 34.0. The van der Waals surface area contributed by atoms with Crippen molar-refractivity contribution in [3.63, 3.8) is 0 Å². The van der Waals surface area contributed by atoms with E-state index in [4.69, 9.17) is 8.83 Å². The van der Waals surface area contributed by atoms with Crippen molar-refractivity contribution in [1.82, 2.24) is 0 Å². The van der Waals surface area contributed by atoms with Crippen molar-refractivity contribution in [1.29, 1.82) is 0 Å². The number of nitrogens with zero attached hydrogens (tertiary/aromatic N) is 1. The van der Waals surface area contributed by atoms with Crippen molar-refractivity contribution in [3.05, 3.63) is 185 Å². The SMILES string of the molecule is C1=c2oc3cc(N(c4ccc5c(c4)oc4ccccc45)c4cccc5c4-c4ccccc4C54c5ccccc5-c5ccccc54)ccc3c2=CCC1. The fraction of sp³-hybridized carbons (Fsp3) is 0.0612. The molecule has 0 radical (unpaired) electrons. The number of anilines is 3. The summed E-state index contributed by atoms with van der Waals surface area (Å²) in [5.41, 5.74) is 16.8. The maximum absolute atomic E-state index is 6.53. The van der Waals surface area contributed by atoms with Crippen LogP contribution in [-0.2, 0) is 5.41 Å². The predicted molar refractivity (Wildman–Crippen MR) is 212 cm³/mol. The maximum Gasteiger partial charge on any atom is 0.137 e. The normalized spacial score (nSPS) is 14.5. The zero-order valence-electron chi connectivity index (χ0n) is 28.3. The number of fused-ring (bicyclic) bond motifs is 16. The Bertz CT molecular complexity index is 3060. The van der Waals surface area contributed by atoms with Crippen LogP contribution in [0.4, 0.5) is 17.1 Å². The average molecular weight is 666 g/mol. The molecule has 12 rings (SSSR count). The van der Waals surface area contributed by atoms with Gasteiger partial charge in [-0.1, -0.05) is 109 Å². The Balaban J connectivity index is 1.17. The molecule has 0 saturated heterocycles. The van der Waals surface area contributed by atoms with Gasteiger partial charge >= 0.3 is 0 Å². The molecular formula is C49H31NO2. The van der Waals surface area contributed by atoms with Gasteiger partial charge in [-0.15, -0.1) is 0 Å². The van der Waals surface area contributed by atoms with Crippen LogP contribution >= 0.6 is 0 Å². The first kappa shape index (κ1) is 28.2. The Morgan fingerprint density at radius 1 is 0.442 bits per heavy atom. The van der Waals surface area contributed by atoms with E-state index in [1.807, 2.05) is 12.1 Å². The highest BCUT2D eigenvalue weighted by Crippen LogP contribution is 2.64. The molecule has 1 spiro atoms. The molecule has 2 heterocycles. The van der Waals surface area contributed by atoms with E-state index in [0.717, 1.165) is 68.2 Å². The Labute approximate surface area is 300 Å². The van der Waals surface area contributed by atoms with Gasteiger partial charge in [-0.3, -0.25) is 0 Å². The fourth-order valence-corrected chi connectivity index (χ4v) is 9.66. The van der Waals surface area contributed by atoms with Crippen LogP contribution in [-0.4, -0.2) is 0 Å². The summed E-state index contributed by atoms with van der Waals surface area (Å²) in [4.78, 5) is 2.41. The van der Waals surface area contributed by atoms with Crippen LogP contribution in [0.5, 0.6) is 0 Å². The Hall–Kier alpha value is -6.58. The number of hydrogen-bond donors (Lipinski definition) is 0. The van der Waals surface area contributed by atoms with Crippen molar-refractivity contribution in [2.24, 2.45) is 0 Å². The first-order valence-corrected chi connectivity index (χ1v) is 18.2. The van der Waals surface area contributed by atoms with E-state index in [2.05, 4.69) is 157 Å². The second-order valence-corrected chi connectivity index (χ2v) is 14.2. The largest absolute Gasteiger partial charge is 0.456 e. The molecule has 0 aliphatic heterocycles. The minimum Gasteiger partial charge on any atom is -0.456 e. The van der Waals surface area contributed by atoms with E-state index in [1.54, 1.807) is 0 Å². The van der Waals surface area contributed by atoms with Gasteiger partial charge in [0.2, 0.25) is 0 Å². The third kappa shape index (κ3) is 3.55. The molecule has 0 atom stereocenters.